The molecule has 2 aliphatic heterocycles. The Balaban J connectivity index is 1.63. The molecule has 0 spiro atoms. The van der Waals surface area contributed by atoms with E-state index in [1.54, 1.807) is 4.90 Å². The minimum atomic E-state index is -0.559. The van der Waals surface area contributed by atoms with Crippen molar-refractivity contribution in [3.05, 3.63) is 34.9 Å². The lowest BCUT2D eigenvalue weighted by Crippen LogP contribution is -2.52. The molecule has 2 aliphatic rings. The van der Waals surface area contributed by atoms with Gasteiger partial charge < -0.3 is 15.5 Å². The first-order valence-corrected chi connectivity index (χ1v) is 9.11. The van der Waals surface area contributed by atoms with E-state index in [1.807, 2.05) is 25.2 Å². The Hall–Kier alpha value is -2.25. The zero-order valence-electron chi connectivity index (χ0n) is 15.3. The van der Waals surface area contributed by atoms with Crippen molar-refractivity contribution in [2.24, 2.45) is 5.92 Å². The molecule has 26 heavy (non-hydrogen) atoms. The number of fused-ring (bicyclic) bond motifs is 1. The maximum atomic E-state index is 12.8. The third-order valence-corrected chi connectivity index (χ3v) is 4.97. The molecule has 7 heteroatoms. The van der Waals surface area contributed by atoms with Gasteiger partial charge in [0, 0.05) is 25.1 Å². The summed E-state index contributed by atoms with van der Waals surface area (Å²) in [5.41, 5.74) is 2.66. The van der Waals surface area contributed by atoms with Crippen LogP contribution in [0.15, 0.2) is 18.2 Å². The molecular formula is C19H26N4O3. The molecule has 3 amide bonds. The number of hydrogen-bond acceptors (Lipinski definition) is 5. The van der Waals surface area contributed by atoms with Gasteiger partial charge in [-0.3, -0.25) is 19.7 Å². The number of imide groups is 1. The van der Waals surface area contributed by atoms with Crippen LogP contribution < -0.4 is 16.0 Å². The summed E-state index contributed by atoms with van der Waals surface area (Å²) < 4.78 is 0. The number of hydrogen-bond donors (Lipinski definition) is 3. The van der Waals surface area contributed by atoms with Gasteiger partial charge in [-0.15, -0.1) is 0 Å². The molecule has 0 radical (unpaired) electrons. The van der Waals surface area contributed by atoms with Crippen LogP contribution in [0.5, 0.6) is 0 Å². The van der Waals surface area contributed by atoms with Crippen LogP contribution in [0.1, 0.15) is 41.3 Å². The lowest BCUT2D eigenvalue weighted by molar-refractivity contribution is -0.136. The van der Waals surface area contributed by atoms with E-state index in [2.05, 4.69) is 22.9 Å². The first kappa shape index (κ1) is 18.5. The summed E-state index contributed by atoms with van der Waals surface area (Å²) in [6.45, 7) is 5.15. The monoisotopic (exact) mass is 358 g/mol. The number of amides is 3. The smallest absolute Gasteiger partial charge is 0.255 e. The lowest BCUT2D eigenvalue weighted by Gasteiger charge is -2.29. The molecule has 1 fully saturated rings. The molecule has 1 aromatic rings. The Bertz CT molecular complexity index is 719. The highest BCUT2D eigenvalue weighted by molar-refractivity contribution is 6.05. The van der Waals surface area contributed by atoms with Gasteiger partial charge in [0.2, 0.25) is 11.8 Å². The van der Waals surface area contributed by atoms with Gasteiger partial charge in [0.05, 0.1) is 0 Å². The van der Waals surface area contributed by atoms with Gasteiger partial charge in [-0.2, -0.15) is 0 Å². The first-order valence-electron chi connectivity index (χ1n) is 9.11. The molecule has 140 valence electrons. The van der Waals surface area contributed by atoms with Crippen molar-refractivity contribution in [1.82, 2.24) is 20.9 Å². The van der Waals surface area contributed by atoms with Crippen LogP contribution in [0.3, 0.4) is 0 Å². The normalized spacial score (nSPS) is 20.9. The second-order valence-electron chi connectivity index (χ2n) is 7.19. The quantitative estimate of drug-likeness (QED) is 0.614. The molecule has 2 unspecified atom stereocenters. The van der Waals surface area contributed by atoms with Gasteiger partial charge in [0.25, 0.3) is 5.91 Å². The average molecular weight is 358 g/mol. The maximum Gasteiger partial charge on any atom is 0.255 e. The Kier molecular flexibility index (Phi) is 5.68. The lowest BCUT2D eigenvalue weighted by atomic mass is 10.0. The summed E-state index contributed by atoms with van der Waals surface area (Å²) in [7, 11) is 1.94. The van der Waals surface area contributed by atoms with E-state index in [4.69, 9.17) is 0 Å². The van der Waals surface area contributed by atoms with Gasteiger partial charge in [0.1, 0.15) is 6.04 Å². The predicted octanol–water partition coefficient (Wildman–Crippen LogP) is 0.393. The summed E-state index contributed by atoms with van der Waals surface area (Å²) >= 11 is 0. The van der Waals surface area contributed by atoms with Gasteiger partial charge in [0.15, 0.2) is 0 Å². The van der Waals surface area contributed by atoms with Gasteiger partial charge in [-0.1, -0.05) is 19.1 Å². The molecule has 3 rings (SSSR count). The number of rotatable bonds is 7. The molecule has 1 saturated heterocycles. The SMILES string of the molecule is CNCC(C)CNCc1ccc2c(c1)C(=O)N(C1CCC(=O)NC1=O)C2. The first-order chi connectivity index (χ1) is 12.5. The van der Waals surface area contributed by atoms with Crippen LogP contribution in [0.2, 0.25) is 0 Å². The molecule has 2 atom stereocenters. The van der Waals surface area contributed by atoms with Crippen molar-refractivity contribution < 1.29 is 14.4 Å². The van der Waals surface area contributed by atoms with Crippen LogP contribution >= 0.6 is 0 Å². The van der Waals surface area contributed by atoms with E-state index < -0.39 is 6.04 Å². The van der Waals surface area contributed by atoms with E-state index >= 15 is 0 Å². The molecule has 0 aromatic heterocycles. The Morgan fingerprint density at radius 2 is 2.08 bits per heavy atom. The summed E-state index contributed by atoms with van der Waals surface area (Å²) in [6, 6.07) is 5.35. The molecule has 2 heterocycles. The van der Waals surface area contributed by atoms with Crippen LogP contribution in [-0.4, -0.2) is 48.8 Å². The second-order valence-corrected chi connectivity index (χ2v) is 7.19. The van der Waals surface area contributed by atoms with Gasteiger partial charge >= 0.3 is 0 Å². The largest absolute Gasteiger partial charge is 0.322 e. The predicted molar refractivity (Wildman–Crippen MR) is 97.3 cm³/mol. The maximum absolute atomic E-state index is 12.8. The van der Waals surface area contributed by atoms with Gasteiger partial charge in [-0.05, 0) is 49.7 Å². The summed E-state index contributed by atoms with van der Waals surface area (Å²) in [4.78, 5) is 37.8. The zero-order chi connectivity index (χ0) is 18.7. The standard InChI is InChI=1S/C19H26N4O3/c1-12(8-20-2)9-21-10-13-3-4-14-11-23(19(26)15(14)7-13)16-5-6-17(24)22-18(16)25/h3-4,7,12,16,20-21H,5-6,8-11H2,1-2H3,(H,22,24,25). The van der Waals surface area contributed by atoms with Crippen molar-refractivity contribution in [2.75, 3.05) is 20.1 Å². The van der Waals surface area contributed by atoms with Gasteiger partial charge in [-0.25, -0.2) is 0 Å². The van der Waals surface area contributed by atoms with Crippen LogP contribution in [0.4, 0.5) is 0 Å². The molecule has 0 bridgehead atoms. The average Bonchev–Trinajstić information content (AvgIpc) is 2.92. The highest BCUT2D eigenvalue weighted by atomic mass is 16.2. The van der Waals surface area contributed by atoms with E-state index in [1.165, 1.54) is 0 Å². The number of nitrogens with one attached hydrogen (secondary N) is 3. The Labute approximate surface area is 153 Å². The van der Waals surface area contributed by atoms with Crippen LogP contribution in [0, 0.1) is 5.92 Å². The van der Waals surface area contributed by atoms with E-state index in [0.717, 1.165) is 24.2 Å². The summed E-state index contributed by atoms with van der Waals surface area (Å²) in [5.74, 6) is -0.238. The minimum absolute atomic E-state index is 0.125. The molecule has 3 N–H and O–H groups in total. The summed E-state index contributed by atoms with van der Waals surface area (Å²) in [6.07, 6.45) is 0.665. The second kappa shape index (κ2) is 7.97. The zero-order valence-corrected chi connectivity index (χ0v) is 15.3. The Morgan fingerprint density at radius 1 is 1.27 bits per heavy atom. The number of piperidine rings is 1. The van der Waals surface area contributed by atoms with Crippen LogP contribution in [0.25, 0.3) is 0 Å². The topological polar surface area (TPSA) is 90.5 Å². The van der Waals surface area contributed by atoms with Crippen LogP contribution in [-0.2, 0) is 22.7 Å². The molecular weight excluding hydrogens is 332 g/mol. The Morgan fingerprint density at radius 3 is 2.81 bits per heavy atom. The van der Waals surface area contributed by atoms with Crippen molar-refractivity contribution in [1.29, 1.82) is 0 Å². The molecule has 7 nitrogen and oxygen atoms in total. The highest BCUT2D eigenvalue weighted by Gasteiger charge is 2.38. The van der Waals surface area contributed by atoms with Crippen molar-refractivity contribution in [3.63, 3.8) is 0 Å². The fourth-order valence-electron chi connectivity index (χ4n) is 3.60. The molecule has 0 aliphatic carbocycles. The fourth-order valence-corrected chi connectivity index (χ4v) is 3.60. The highest BCUT2D eigenvalue weighted by Crippen LogP contribution is 2.28. The number of carbonyl (C=O) groups is 3. The van der Waals surface area contributed by atoms with E-state index in [9.17, 15) is 14.4 Å². The minimum Gasteiger partial charge on any atom is -0.322 e. The summed E-state index contributed by atoms with van der Waals surface area (Å²) in [5, 5.41) is 8.89. The number of carbonyl (C=O) groups excluding carboxylic acids is 3. The van der Waals surface area contributed by atoms with E-state index in [-0.39, 0.29) is 24.1 Å². The van der Waals surface area contributed by atoms with Crippen molar-refractivity contribution >= 4 is 17.7 Å². The number of nitrogens with zero attached hydrogens (tertiary/aromatic N) is 1. The third kappa shape index (κ3) is 3.94. The van der Waals surface area contributed by atoms with Crippen molar-refractivity contribution in [3.8, 4) is 0 Å². The third-order valence-electron chi connectivity index (χ3n) is 4.97. The molecule has 0 saturated carbocycles. The number of benzene rings is 1. The fraction of sp³-hybridized carbons (Fsp3) is 0.526. The molecule has 1 aromatic carbocycles. The van der Waals surface area contributed by atoms with E-state index in [0.29, 0.717) is 31.0 Å². The van der Waals surface area contributed by atoms with Crippen molar-refractivity contribution in [2.45, 2.75) is 38.9 Å².